The average molecular weight is 213 g/mol. The molecule has 1 aromatic rings. The van der Waals surface area contributed by atoms with Crippen LogP contribution in [0.15, 0.2) is 18.3 Å². The lowest BCUT2D eigenvalue weighted by Gasteiger charge is -2.32. The van der Waals surface area contributed by atoms with Gasteiger partial charge in [-0.25, -0.2) is 0 Å². The first kappa shape index (κ1) is 9.90. The fourth-order valence-corrected chi connectivity index (χ4v) is 2.12. The predicted octanol–water partition coefficient (Wildman–Crippen LogP) is 1.31. The molecule has 1 aliphatic heterocycles. The van der Waals surface area contributed by atoms with Crippen LogP contribution in [0.4, 0.5) is 0 Å². The van der Waals surface area contributed by atoms with Crippen molar-refractivity contribution in [2.45, 2.75) is 18.4 Å². The number of hydrogen-bond acceptors (Lipinski definition) is 3. The molecule has 0 saturated carbocycles. The SMILES string of the molecule is OC1(c2ncccc2Cl)CCCNC1. The summed E-state index contributed by atoms with van der Waals surface area (Å²) in [6.45, 7) is 1.48. The molecule has 4 heteroatoms. The van der Waals surface area contributed by atoms with E-state index in [1.54, 1.807) is 18.3 Å². The van der Waals surface area contributed by atoms with Gasteiger partial charge in [0.15, 0.2) is 0 Å². The Morgan fingerprint density at radius 2 is 2.43 bits per heavy atom. The zero-order chi connectivity index (χ0) is 10.0. The van der Waals surface area contributed by atoms with Crippen LogP contribution in [0, 0.1) is 0 Å². The van der Waals surface area contributed by atoms with Crippen molar-refractivity contribution in [2.75, 3.05) is 13.1 Å². The first-order valence-electron chi connectivity index (χ1n) is 4.76. The van der Waals surface area contributed by atoms with E-state index in [0.717, 1.165) is 19.4 Å². The third kappa shape index (κ3) is 1.75. The summed E-state index contributed by atoms with van der Waals surface area (Å²) in [4.78, 5) is 4.15. The molecule has 1 aliphatic rings. The zero-order valence-corrected chi connectivity index (χ0v) is 8.59. The summed E-state index contributed by atoms with van der Waals surface area (Å²) in [6, 6.07) is 3.53. The molecule has 2 N–H and O–H groups in total. The summed E-state index contributed by atoms with van der Waals surface area (Å²) in [7, 11) is 0. The van der Waals surface area contributed by atoms with Crippen LogP contribution >= 0.6 is 11.6 Å². The maximum atomic E-state index is 10.3. The Bertz CT molecular complexity index is 324. The van der Waals surface area contributed by atoms with E-state index in [-0.39, 0.29) is 0 Å². The molecule has 2 heterocycles. The quantitative estimate of drug-likeness (QED) is 0.738. The molecule has 1 unspecified atom stereocenters. The van der Waals surface area contributed by atoms with Crippen molar-refractivity contribution in [3.63, 3.8) is 0 Å². The van der Waals surface area contributed by atoms with Gasteiger partial charge >= 0.3 is 0 Å². The van der Waals surface area contributed by atoms with E-state index in [1.165, 1.54) is 0 Å². The lowest BCUT2D eigenvalue weighted by Crippen LogP contribution is -2.43. The fourth-order valence-electron chi connectivity index (χ4n) is 1.82. The largest absolute Gasteiger partial charge is 0.382 e. The monoisotopic (exact) mass is 212 g/mol. The van der Waals surface area contributed by atoms with Gasteiger partial charge in [-0.15, -0.1) is 0 Å². The normalized spacial score (nSPS) is 27.6. The molecule has 2 rings (SSSR count). The minimum Gasteiger partial charge on any atom is -0.382 e. The molecule has 3 nitrogen and oxygen atoms in total. The highest BCUT2D eigenvalue weighted by Crippen LogP contribution is 2.31. The highest BCUT2D eigenvalue weighted by Gasteiger charge is 2.34. The Morgan fingerprint density at radius 1 is 1.57 bits per heavy atom. The number of halogens is 1. The third-order valence-corrected chi connectivity index (χ3v) is 2.87. The van der Waals surface area contributed by atoms with Crippen LogP contribution < -0.4 is 5.32 Å². The Morgan fingerprint density at radius 3 is 3.07 bits per heavy atom. The van der Waals surface area contributed by atoms with Gasteiger partial charge in [-0.05, 0) is 31.5 Å². The minimum atomic E-state index is -0.892. The fraction of sp³-hybridized carbons (Fsp3) is 0.500. The first-order chi connectivity index (χ1) is 6.72. The molecule has 76 valence electrons. The van der Waals surface area contributed by atoms with E-state index in [1.807, 2.05) is 0 Å². The van der Waals surface area contributed by atoms with Crippen molar-refractivity contribution in [3.8, 4) is 0 Å². The summed E-state index contributed by atoms with van der Waals surface area (Å²) in [5.74, 6) is 0. The third-order valence-electron chi connectivity index (χ3n) is 2.56. The number of piperidine rings is 1. The molecule has 1 atom stereocenters. The Balaban J connectivity index is 2.32. The summed E-state index contributed by atoms with van der Waals surface area (Å²) in [5, 5.41) is 14.0. The number of nitrogens with one attached hydrogen (secondary N) is 1. The van der Waals surface area contributed by atoms with Crippen LogP contribution in [-0.2, 0) is 5.60 Å². The number of pyridine rings is 1. The zero-order valence-electron chi connectivity index (χ0n) is 7.83. The van der Waals surface area contributed by atoms with Crippen LogP contribution in [-0.4, -0.2) is 23.2 Å². The molecule has 0 aromatic carbocycles. The Kier molecular flexibility index (Phi) is 2.72. The summed E-state index contributed by atoms with van der Waals surface area (Å²) < 4.78 is 0. The second kappa shape index (κ2) is 3.85. The second-order valence-corrected chi connectivity index (χ2v) is 4.05. The van der Waals surface area contributed by atoms with E-state index in [4.69, 9.17) is 11.6 Å². The molecule has 1 fully saturated rings. The summed E-state index contributed by atoms with van der Waals surface area (Å²) in [6.07, 6.45) is 3.33. The molecule has 0 spiro atoms. The minimum absolute atomic E-state index is 0.531. The molecule has 0 aliphatic carbocycles. The molecule has 1 aromatic heterocycles. The standard InChI is InChI=1S/C10H13ClN2O/c11-8-3-1-6-13-9(8)10(14)4-2-5-12-7-10/h1,3,6,12,14H,2,4-5,7H2. The molecular formula is C10H13ClN2O. The summed E-state index contributed by atoms with van der Waals surface area (Å²) >= 11 is 6.00. The second-order valence-electron chi connectivity index (χ2n) is 3.65. The van der Waals surface area contributed by atoms with Crippen molar-refractivity contribution in [1.29, 1.82) is 0 Å². The van der Waals surface area contributed by atoms with Crippen molar-refractivity contribution >= 4 is 11.6 Å². The van der Waals surface area contributed by atoms with Gasteiger partial charge in [0.05, 0.1) is 10.7 Å². The molecule has 0 radical (unpaired) electrons. The van der Waals surface area contributed by atoms with E-state index in [2.05, 4.69) is 10.3 Å². The molecule has 0 bridgehead atoms. The van der Waals surface area contributed by atoms with Gasteiger partial charge in [0.2, 0.25) is 0 Å². The van der Waals surface area contributed by atoms with Gasteiger partial charge in [0.1, 0.15) is 5.60 Å². The number of hydrogen-bond donors (Lipinski definition) is 2. The predicted molar refractivity (Wildman–Crippen MR) is 55.2 cm³/mol. The average Bonchev–Trinajstić information content (AvgIpc) is 2.19. The van der Waals surface area contributed by atoms with Crippen molar-refractivity contribution < 1.29 is 5.11 Å². The van der Waals surface area contributed by atoms with Crippen LogP contribution in [0.2, 0.25) is 5.02 Å². The van der Waals surface area contributed by atoms with Crippen LogP contribution in [0.1, 0.15) is 18.5 Å². The maximum absolute atomic E-state index is 10.3. The van der Waals surface area contributed by atoms with E-state index in [9.17, 15) is 5.11 Å². The van der Waals surface area contributed by atoms with E-state index < -0.39 is 5.60 Å². The smallest absolute Gasteiger partial charge is 0.120 e. The van der Waals surface area contributed by atoms with Gasteiger partial charge in [-0.1, -0.05) is 11.6 Å². The van der Waals surface area contributed by atoms with Gasteiger partial charge in [-0.3, -0.25) is 4.98 Å². The number of aromatic nitrogens is 1. The van der Waals surface area contributed by atoms with Crippen LogP contribution in [0.25, 0.3) is 0 Å². The van der Waals surface area contributed by atoms with Crippen molar-refractivity contribution in [2.24, 2.45) is 0 Å². The Labute approximate surface area is 88.1 Å². The highest BCUT2D eigenvalue weighted by atomic mass is 35.5. The summed E-state index contributed by atoms with van der Waals surface area (Å²) in [5.41, 5.74) is -0.301. The van der Waals surface area contributed by atoms with E-state index in [0.29, 0.717) is 17.3 Å². The Hall–Kier alpha value is -0.640. The van der Waals surface area contributed by atoms with Gasteiger partial charge in [-0.2, -0.15) is 0 Å². The van der Waals surface area contributed by atoms with Crippen molar-refractivity contribution in [3.05, 3.63) is 29.0 Å². The lowest BCUT2D eigenvalue weighted by atomic mass is 9.90. The van der Waals surface area contributed by atoms with Gasteiger partial charge in [0.25, 0.3) is 0 Å². The molecule has 14 heavy (non-hydrogen) atoms. The van der Waals surface area contributed by atoms with Crippen LogP contribution in [0.3, 0.4) is 0 Å². The topological polar surface area (TPSA) is 45.2 Å². The highest BCUT2D eigenvalue weighted by molar-refractivity contribution is 6.31. The van der Waals surface area contributed by atoms with Crippen molar-refractivity contribution in [1.82, 2.24) is 10.3 Å². The number of aliphatic hydroxyl groups is 1. The van der Waals surface area contributed by atoms with Crippen LogP contribution in [0.5, 0.6) is 0 Å². The van der Waals surface area contributed by atoms with Gasteiger partial charge < -0.3 is 10.4 Å². The molecule has 1 saturated heterocycles. The van der Waals surface area contributed by atoms with E-state index >= 15 is 0 Å². The number of rotatable bonds is 1. The molecule has 0 amide bonds. The number of β-amino-alcohol motifs (C(OH)–C–C–N with tert-alkyl or cyclic N) is 1. The maximum Gasteiger partial charge on any atom is 0.120 e. The lowest BCUT2D eigenvalue weighted by molar-refractivity contribution is 0.00835. The van der Waals surface area contributed by atoms with Gasteiger partial charge in [0, 0.05) is 12.7 Å². The molecular weight excluding hydrogens is 200 g/mol. The number of nitrogens with zero attached hydrogens (tertiary/aromatic N) is 1. The first-order valence-corrected chi connectivity index (χ1v) is 5.14.